The Bertz CT molecular complexity index is 989. The second-order valence-corrected chi connectivity index (χ2v) is 8.11. The summed E-state index contributed by atoms with van der Waals surface area (Å²) in [5.41, 5.74) is 4.22. The van der Waals surface area contributed by atoms with Gasteiger partial charge in [0.2, 0.25) is 5.91 Å². The number of likely N-dealkylation sites (tertiary alicyclic amines) is 1. The van der Waals surface area contributed by atoms with E-state index in [0.717, 1.165) is 17.7 Å². The van der Waals surface area contributed by atoms with E-state index in [4.69, 9.17) is 0 Å². The highest BCUT2D eigenvalue weighted by molar-refractivity contribution is 7.12. The van der Waals surface area contributed by atoms with Crippen molar-refractivity contribution < 1.29 is 9.59 Å². The second kappa shape index (κ2) is 7.59. The topological polar surface area (TPSA) is 78.1 Å². The van der Waals surface area contributed by atoms with Crippen LogP contribution < -0.4 is 5.32 Å². The van der Waals surface area contributed by atoms with Crippen LogP contribution in [0.2, 0.25) is 0 Å². The Morgan fingerprint density at radius 2 is 2.00 bits per heavy atom. The zero-order valence-corrected chi connectivity index (χ0v) is 16.7. The van der Waals surface area contributed by atoms with Crippen LogP contribution in [0.5, 0.6) is 0 Å². The molecule has 6 nitrogen and oxygen atoms in total. The van der Waals surface area contributed by atoms with Crippen LogP contribution in [0.15, 0.2) is 41.8 Å². The fraction of sp³-hybridized carbons (Fsp3) is 0.286. The summed E-state index contributed by atoms with van der Waals surface area (Å²) in [6.45, 7) is 4.70. The van der Waals surface area contributed by atoms with Gasteiger partial charge in [0.15, 0.2) is 5.82 Å². The number of nitrogens with one attached hydrogen (secondary N) is 2. The zero-order valence-electron chi connectivity index (χ0n) is 15.9. The van der Waals surface area contributed by atoms with E-state index in [1.807, 2.05) is 17.5 Å². The summed E-state index contributed by atoms with van der Waals surface area (Å²) in [5, 5.41) is 11.9. The molecule has 0 saturated carbocycles. The summed E-state index contributed by atoms with van der Waals surface area (Å²) >= 11 is 1.40. The molecule has 2 aromatic heterocycles. The van der Waals surface area contributed by atoms with Crippen LogP contribution >= 0.6 is 11.3 Å². The van der Waals surface area contributed by atoms with Gasteiger partial charge in [0.05, 0.1) is 10.6 Å². The number of hydrogen-bond donors (Lipinski definition) is 2. The third kappa shape index (κ3) is 3.71. The number of benzene rings is 1. The van der Waals surface area contributed by atoms with Crippen molar-refractivity contribution in [3.05, 3.63) is 57.8 Å². The molecule has 144 valence electrons. The number of hydrogen-bond acceptors (Lipinski definition) is 4. The zero-order chi connectivity index (χ0) is 19.7. The number of carbonyl (C=O) groups is 2. The lowest BCUT2D eigenvalue weighted by atomic mass is 10.1. The predicted octanol–water partition coefficient (Wildman–Crippen LogP) is 4.00. The lowest BCUT2D eigenvalue weighted by Gasteiger charge is -2.22. The first-order valence-electron chi connectivity index (χ1n) is 9.30. The summed E-state index contributed by atoms with van der Waals surface area (Å²) in [5.74, 6) is 0.195. The smallest absolute Gasteiger partial charge is 0.264 e. The van der Waals surface area contributed by atoms with E-state index < -0.39 is 6.04 Å². The largest absolute Gasteiger partial charge is 0.326 e. The molecule has 1 saturated heterocycles. The molecule has 3 aromatic rings. The Kier molecular flexibility index (Phi) is 5.00. The maximum absolute atomic E-state index is 12.8. The number of aromatic amines is 1. The Morgan fingerprint density at radius 3 is 2.71 bits per heavy atom. The number of aryl methyl sites for hydroxylation is 2. The molecule has 28 heavy (non-hydrogen) atoms. The third-order valence-corrected chi connectivity index (χ3v) is 5.77. The van der Waals surface area contributed by atoms with Gasteiger partial charge in [-0.1, -0.05) is 23.3 Å². The van der Waals surface area contributed by atoms with E-state index in [1.165, 1.54) is 22.5 Å². The van der Waals surface area contributed by atoms with Crippen LogP contribution in [-0.2, 0) is 4.79 Å². The number of thiophene rings is 1. The highest BCUT2D eigenvalue weighted by atomic mass is 32.1. The van der Waals surface area contributed by atoms with Gasteiger partial charge in [-0.15, -0.1) is 11.3 Å². The molecule has 3 heterocycles. The van der Waals surface area contributed by atoms with Gasteiger partial charge in [0, 0.05) is 18.2 Å². The Hall–Kier alpha value is -2.93. The van der Waals surface area contributed by atoms with E-state index in [1.54, 1.807) is 11.0 Å². The van der Waals surface area contributed by atoms with Crippen molar-refractivity contribution in [2.45, 2.75) is 32.7 Å². The van der Waals surface area contributed by atoms with E-state index in [9.17, 15) is 9.59 Å². The summed E-state index contributed by atoms with van der Waals surface area (Å²) in [4.78, 5) is 27.8. The average Bonchev–Trinajstić information content (AvgIpc) is 3.41. The summed E-state index contributed by atoms with van der Waals surface area (Å²) in [6.07, 6.45) is 1.49. The Morgan fingerprint density at radius 1 is 1.21 bits per heavy atom. The molecule has 1 aliphatic rings. The van der Waals surface area contributed by atoms with Crippen LogP contribution in [0.3, 0.4) is 0 Å². The van der Waals surface area contributed by atoms with Crippen LogP contribution in [0.25, 0.3) is 11.3 Å². The highest BCUT2D eigenvalue weighted by Crippen LogP contribution is 2.25. The van der Waals surface area contributed by atoms with Crippen molar-refractivity contribution >= 4 is 29.0 Å². The van der Waals surface area contributed by atoms with E-state index >= 15 is 0 Å². The molecule has 2 N–H and O–H groups in total. The molecule has 2 amide bonds. The molecule has 0 aliphatic carbocycles. The summed E-state index contributed by atoms with van der Waals surface area (Å²) in [7, 11) is 0. The van der Waals surface area contributed by atoms with Crippen molar-refractivity contribution in [1.29, 1.82) is 0 Å². The van der Waals surface area contributed by atoms with Gasteiger partial charge in [-0.3, -0.25) is 14.7 Å². The molecule has 1 aromatic carbocycles. The van der Waals surface area contributed by atoms with Crippen LogP contribution in [0, 0.1) is 13.8 Å². The Balaban J connectivity index is 1.48. The molecule has 0 radical (unpaired) electrons. The second-order valence-electron chi connectivity index (χ2n) is 7.17. The fourth-order valence-corrected chi connectivity index (χ4v) is 4.38. The molecular formula is C21H22N4O2S. The monoisotopic (exact) mass is 394 g/mol. The van der Waals surface area contributed by atoms with Crippen molar-refractivity contribution in [2.24, 2.45) is 0 Å². The fourth-order valence-electron chi connectivity index (χ4n) is 3.70. The summed E-state index contributed by atoms with van der Waals surface area (Å²) < 4.78 is 0. The van der Waals surface area contributed by atoms with Crippen molar-refractivity contribution in [1.82, 2.24) is 15.1 Å². The van der Waals surface area contributed by atoms with E-state index in [-0.39, 0.29) is 11.8 Å². The number of nitrogens with zero attached hydrogens (tertiary/aromatic N) is 2. The normalized spacial score (nSPS) is 16.4. The number of rotatable bonds is 4. The number of amides is 2. The number of anilines is 1. The highest BCUT2D eigenvalue weighted by Gasteiger charge is 2.35. The van der Waals surface area contributed by atoms with Gasteiger partial charge in [-0.2, -0.15) is 5.10 Å². The molecular weight excluding hydrogens is 372 g/mol. The third-order valence-electron chi connectivity index (χ3n) is 4.91. The Labute approximate surface area is 167 Å². The maximum atomic E-state index is 12.8. The van der Waals surface area contributed by atoms with Crippen LogP contribution in [0.1, 0.15) is 33.6 Å². The minimum atomic E-state index is -0.462. The molecule has 0 spiro atoms. The molecule has 4 rings (SSSR count). The standard InChI is InChI=1S/C21H22N4O2S/c1-13-9-14(2)11-15(10-13)16-12-19(24-23-16)22-20(26)17-5-3-7-25(17)21(27)18-6-4-8-28-18/h4,6,8-12,17H,3,5,7H2,1-2H3,(H2,22,23,24,26)/t17-/m0/s1. The first kappa shape index (κ1) is 18.4. The SMILES string of the molecule is Cc1cc(C)cc(-c2cc(NC(=O)[C@@H]3CCCN3C(=O)c3cccs3)n[nH]2)c1. The quantitative estimate of drug-likeness (QED) is 0.702. The van der Waals surface area contributed by atoms with Crippen LogP contribution in [0.4, 0.5) is 5.82 Å². The van der Waals surface area contributed by atoms with Gasteiger partial charge in [-0.25, -0.2) is 0 Å². The molecule has 7 heteroatoms. The lowest BCUT2D eigenvalue weighted by molar-refractivity contribution is -0.119. The van der Waals surface area contributed by atoms with Gasteiger partial charge in [-0.05, 0) is 50.3 Å². The number of H-pyrrole nitrogens is 1. The van der Waals surface area contributed by atoms with Gasteiger partial charge < -0.3 is 10.2 Å². The molecule has 0 bridgehead atoms. The number of carbonyl (C=O) groups excluding carboxylic acids is 2. The van der Waals surface area contributed by atoms with Gasteiger partial charge >= 0.3 is 0 Å². The minimum Gasteiger partial charge on any atom is -0.326 e. The number of aromatic nitrogens is 2. The molecule has 1 aliphatic heterocycles. The summed E-state index contributed by atoms with van der Waals surface area (Å²) in [6, 6.07) is 11.3. The van der Waals surface area contributed by atoms with Gasteiger partial charge in [0.25, 0.3) is 5.91 Å². The van der Waals surface area contributed by atoms with E-state index in [0.29, 0.717) is 23.7 Å². The average molecular weight is 394 g/mol. The first-order valence-corrected chi connectivity index (χ1v) is 10.2. The molecule has 1 atom stereocenters. The first-order chi connectivity index (χ1) is 13.5. The molecule has 0 unspecified atom stereocenters. The molecule has 1 fully saturated rings. The predicted molar refractivity (Wildman–Crippen MR) is 111 cm³/mol. The maximum Gasteiger partial charge on any atom is 0.264 e. The van der Waals surface area contributed by atoms with Crippen molar-refractivity contribution in [3.63, 3.8) is 0 Å². The van der Waals surface area contributed by atoms with Crippen molar-refractivity contribution in [2.75, 3.05) is 11.9 Å². The lowest BCUT2D eigenvalue weighted by Crippen LogP contribution is -2.43. The van der Waals surface area contributed by atoms with E-state index in [2.05, 4.69) is 47.6 Å². The van der Waals surface area contributed by atoms with Crippen LogP contribution in [-0.4, -0.2) is 39.5 Å². The minimum absolute atomic E-state index is 0.0781. The van der Waals surface area contributed by atoms with Crippen molar-refractivity contribution in [3.8, 4) is 11.3 Å². The van der Waals surface area contributed by atoms with Gasteiger partial charge in [0.1, 0.15) is 6.04 Å².